The quantitative estimate of drug-likeness (QED) is 0.304. The zero-order valence-corrected chi connectivity index (χ0v) is 19.8. The topological polar surface area (TPSA) is 34.1 Å². The molecule has 1 atom stereocenters. The van der Waals surface area contributed by atoms with Crippen molar-refractivity contribution >= 4 is 29.9 Å². The maximum absolute atomic E-state index is 12.7. The summed E-state index contributed by atoms with van der Waals surface area (Å²) in [6.45, 7) is 5.34. The summed E-state index contributed by atoms with van der Waals surface area (Å²) in [5, 5.41) is 3.43. The van der Waals surface area contributed by atoms with Gasteiger partial charge in [-0.2, -0.15) is 13.2 Å². The number of hydrogen-bond acceptors (Lipinski definition) is 3. The third-order valence-corrected chi connectivity index (χ3v) is 5.86. The Morgan fingerprint density at radius 3 is 2.46 bits per heavy atom. The normalized spacial score (nSPS) is 21.6. The van der Waals surface area contributed by atoms with Gasteiger partial charge in [-0.3, -0.25) is 9.89 Å². The number of nitrogens with one attached hydrogen (secondary N) is 1. The summed E-state index contributed by atoms with van der Waals surface area (Å²) in [4.78, 5) is 10.5. The van der Waals surface area contributed by atoms with E-state index in [1.807, 2.05) is 0 Å². The molecule has 28 heavy (non-hydrogen) atoms. The van der Waals surface area contributed by atoms with E-state index in [9.17, 15) is 13.2 Å². The molecular weight excluding hydrogens is 482 g/mol. The minimum Gasteiger partial charge on any atom is -0.355 e. The van der Waals surface area contributed by atoms with Crippen LogP contribution in [0.15, 0.2) is 4.99 Å². The SMILES string of the molecule is CCN(CC1CCN(C(=NC)NCCN(C)C2CCCC2)C1)CC(F)(F)F.I. The highest BCUT2D eigenvalue weighted by Crippen LogP contribution is 2.22. The van der Waals surface area contributed by atoms with Crippen LogP contribution in [0.5, 0.6) is 0 Å². The van der Waals surface area contributed by atoms with Crippen LogP contribution in [0.1, 0.15) is 39.0 Å². The van der Waals surface area contributed by atoms with E-state index < -0.39 is 12.7 Å². The van der Waals surface area contributed by atoms with Crippen LogP contribution >= 0.6 is 24.0 Å². The van der Waals surface area contributed by atoms with Gasteiger partial charge in [0.25, 0.3) is 0 Å². The third kappa shape index (κ3) is 8.61. The maximum Gasteiger partial charge on any atom is 0.401 e. The summed E-state index contributed by atoms with van der Waals surface area (Å²) in [7, 11) is 3.96. The molecule has 0 bridgehead atoms. The number of alkyl halides is 3. The van der Waals surface area contributed by atoms with Crippen molar-refractivity contribution in [3.05, 3.63) is 0 Å². The Hall–Kier alpha value is -0.290. The number of likely N-dealkylation sites (N-methyl/N-ethyl adjacent to an activating group) is 1. The second-order valence-electron chi connectivity index (χ2n) is 7.94. The fourth-order valence-electron chi connectivity index (χ4n) is 4.30. The van der Waals surface area contributed by atoms with Crippen molar-refractivity contribution in [3.63, 3.8) is 0 Å². The van der Waals surface area contributed by atoms with Gasteiger partial charge in [-0.25, -0.2) is 0 Å². The van der Waals surface area contributed by atoms with Crippen LogP contribution in [0, 0.1) is 5.92 Å². The number of hydrogen-bond donors (Lipinski definition) is 1. The van der Waals surface area contributed by atoms with E-state index in [4.69, 9.17) is 0 Å². The Kier molecular flexibility index (Phi) is 11.4. The second kappa shape index (κ2) is 12.4. The van der Waals surface area contributed by atoms with Gasteiger partial charge in [0.1, 0.15) is 0 Å². The van der Waals surface area contributed by atoms with Gasteiger partial charge in [-0.15, -0.1) is 24.0 Å². The van der Waals surface area contributed by atoms with E-state index in [2.05, 4.69) is 27.2 Å². The van der Waals surface area contributed by atoms with Gasteiger partial charge < -0.3 is 15.1 Å². The lowest BCUT2D eigenvalue weighted by Crippen LogP contribution is -2.44. The number of likely N-dealkylation sites (tertiary alicyclic amines) is 1. The molecule has 1 saturated heterocycles. The lowest BCUT2D eigenvalue weighted by molar-refractivity contribution is -0.146. The lowest BCUT2D eigenvalue weighted by Gasteiger charge is -2.27. The molecule has 0 amide bonds. The van der Waals surface area contributed by atoms with Gasteiger partial charge in [-0.05, 0) is 38.8 Å². The van der Waals surface area contributed by atoms with Crippen LogP contribution in [0.25, 0.3) is 0 Å². The highest BCUT2D eigenvalue weighted by Gasteiger charge is 2.33. The molecule has 1 N–H and O–H groups in total. The fourth-order valence-corrected chi connectivity index (χ4v) is 4.30. The summed E-state index contributed by atoms with van der Waals surface area (Å²) >= 11 is 0. The molecule has 2 rings (SSSR count). The smallest absolute Gasteiger partial charge is 0.355 e. The molecule has 0 radical (unpaired) electrons. The van der Waals surface area contributed by atoms with Crippen LogP contribution < -0.4 is 5.32 Å². The fraction of sp³-hybridized carbons (Fsp3) is 0.947. The minimum atomic E-state index is -4.13. The van der Waals surface area contributed by atoms with Crippen LogP contribution in [0.2, 0.25) is 0 Å². The average Bonchev–Trinajstić information content (AvgIpc) is 3.28. The molecular formula is C19H37F3IN5. The third-order valence-electron chi connectivity index (χ3n) is 5.86. The minimum absolute atomic E-state index is 0. The molecule has 1 saturated carbocycles. The monoisotopic (exact) mass is 519 g/mol. The van der Waals surface area contributed by atoms with Crippen molar-refractivity contribution in [1.82, 2.24) is 20.0 Å². The van der Waals surface area contributed by atoms with Crippen LogP contribution in [-0.2, 0) is 0 Å². The highest BCUT2D eigenvalue weighted by molar-refractivity contribution is 14.0. The first kappa shape index (κ1) is 25.7. The van der Waals surface area contributed by atoms with E-state index in [1.165, 1.54) is 30.6 Å². The van der Waals surface area contributed by atoms with Crippen molar-refractivity contribution in [2.45, 2.75) is 51.2 Å². The van der Waals surface area contributed by atoms with Crippen molar-refractivity contribution in [1.29, 1.82) is 0 Å². The molecule has 2 fully saturated rings. The van der Waals surface area contributed by atoms with Gasteiger partial charge in [0.2, 0.25) is 0 Å². The average molecular weight is 519 g/mol. The zero-order valence-electron chi connectivity index (χ0n) is 17.5. The Morgan fingerprint density at radius 1 is 1.21 bits per heavy atom. The van der Waals surface area contributed by atoms with Gasteiger partial charge >= 0.3 is 6.18 Å². The number of aliphatic imine (C=N–C) groups is 1. The van der Waals surface area contributed by atoms with E-state index in [0.29, 0.717) is 19.1 Å². The maximum atomic E-state index is 12.7. The molecule has 0 aromatic carbocycles. The molecule has 0 aromatic heterocycles. The van der Waals surface area contributed by atoms with Gasteiger partial charge in [-0.1, -0.05) is 19.8 Å². The Bertz CT molecular complexity index is 469. The molecule has 0 aromatic rings. The molecule has 166 valence electrons. The molecule has 1 unspecified atom stereocenters. The Morgan fingerprint density at radius 2 is 1.89 bits per heavy atom. The number of guanidine groups is 1. The van der Waals surface area contributed by atoms with E-state index in [0.717, 1.165) is 38.6 Å². The molecule has 1 heterocycles. The molecule has 1 aliphatic heterocycles. The standard InChI is InChI=1S/C19H36F3N5.HI/c1-4-26(15-19(20,21)22)13-16-9-11-27(14-16)18(23-2)24-10-12-25(3)17-7-5-6-8-17;/h16-17H,4-15H2,1-3H3,(H,23,24);1H. The predicted octanol–water partition coefficient (Wildman–Crippen LogP) is 3.26. The second-order valence-corrected chi connectivity index (χ2v) is 7.94. The summed E-state index contributed by atoms with van der Waals surface area (Å²) < 4.78 is 38.0. The van der Waals surface area contributed by atoms with Crippen LogP contribution in [0.3, 0.4) is 0 Å². The largest absolute Gasteiger partial charge is 0.401 e. The number of halogens is 4. The van der Waals surface area contributed by atoms with Gasteiger partial charge in [0, 0.05) is 45.8 Å². The summed E-state index contributed by atoms with van der Waals surface area (Å²) in [5.74, 6) is 1.13. The Balaban J connectivity index is 0.00000392. The number of rotatable bonds is 8. The van der Waals surface area contributed by atoms with E-state index >= 15 is 0 Å². The first-order valence-corrected chi connectivity index (χ1v) is 10.3. The lowest BCUT2D eigenvalue weighted by atomic mass is 10.1. The Labute approximate surface area is 185 Å². The molecule has 9 heteroatoms. The first-order chi connectivity index (χ1) is 12.8. The summed E-state index contributed by atoms with van der Waals surface area (Å²) in [5.41, 5.74) is 0. The predicted molar refractivity (Wildman–Crippen MR) is 120 cm³/mol. The van der Waals surface area contributed by atoms with Crippen molar-refractivity contribution in [2.24, 2.45) is 10.9 Å². The molecule has 2 aliphatic rings. The van der Waals surface area contributed by atoms with E-state index in [1.54, 1.807) is 14.0 Å². The zero-order chi connectivity index (χ0) is 19.9. The van der Waals surface area contributed by atoms with Crippen molar-refractivity contribution in [3.8, 4) is 0 Å². The van der Waals surface area contributed by atoms with Crippen LogP contribution in [-0.4, -0.2) is 92.8 Å². The summed E-state index contributed by atoms with van der Waals surface area (Å²) in [6.07, 6.45) is 2.05. The highest BCUT2D eigenvalue weighted by atomic mass is 127. The molecule has 5 nitrogen and oxygen atoms in total. The van der Waals surface area contributed by atoms with Gasteiger partial charge in [0.15, 0.2) is 5.96 Å². The molecule has 0 spiro atoms. The van der Waals surface area contributed by atoms with E-state index in [-0.39, 0.29) is 29.9 Å². The molecule has 1 aliphatic carbocycles. The van der Waals surface area contributed by atoms with Crippen molar-refractivity contribution < 1.29 is 13.2 Å². The van der Waals surface area contributed by atoms with Crippen LogP contribution in [0.4, 0.5) is 13.2 Å². The summed E-state index contributed by atoms with van der Waals surface area (Å²) in [6, 6.07) is 0.707. The number of nitrogens with zero attached hydrogens (tertiary/aromatic N) is 4. The van der Waals surface area contributed by atoms with Crippen molar-refractivity contribution in [2.75, 3.05) is 59.9 Å². The first-order valence-electron chi connectivity index (χ1n) is 10.3. The van der Waals surface area contributed by atoms with Gasteiger partial charge in [0.05, 0.1) is 6.54 Å².